The Morgan fingerprint density at radius 3 is 2.31 bits per heavy atom. The van der Waals surface area contributed by atoms with Gasteiger partial charge in [-0.2, -0.15) is 5.26 Å². The van der Waals surface area contributed by atoms with Gasteiger partial charge in [0.1, 0.15) is 5.75 Å². The van der Waals surface area contributed by atoms with E-state index in [0.29, 0.717) is 11.1 Å². The van der Waals surface area contributed by atoms with Gasteiger partial charge in [-0.15, -0.1) is 0 Å². The second-order valence-corrected chi connectivity index (χ2v) is 5.64. The summed E-state index contributed by atoms with van der Waals surface area (Å²) in [4.78, 5) is 11.6. The lowest BCUT2D eigenvalue weighted by molar-refractivity contribution is 0.102. The molecule has 1 rings (SSSR count). The van der Waals surface area contributed by atoms with Crippen LogP contribution >= 0.6 is 0 Å². The fourth-order valence-electron chi connectivity index (χ4n) is 1.12. The number of benzene rings is 1. The van der Waals surface area contributed by atoms with E-state index in [1.165, 1.54) is 31.2 Å². The smallest absolute Gasteiger partial charge is 0.177 e. The Labute approximate surface area is 94.4 Å². The summed E-state index contributed by atoms with van der Waals surface area (Å²) < 4.78 is 22.5. The van der Waals surface area contributed by atoms with Crippen LogP contribution < -0.4 is 0 Å². The van der Waals surface area contributed by atoms with Gasteiger partial charge in [0, 0.05) is 11.3 Å². The predicted molar refractivity (Wildman–Crippen MR) is 59.8 cm³/mol. The Bertz CT molecular complexity index is 523. The maximum absolute atomic E-state index is 11.6. The number of hydrogen-bond acceptors (Lipinski definition) is 4. The Morgan fingerprint density at radius 1 is 1.31 bits per heavy atom. The van der Waals surface area contributed by atoms with Crippen LogP contribution in [0.1, 0.15) is 22.8 Å². The summed E-state index contributed by atoms with van der Waals surface area (Å²) >= 11 is 0. The van der Waals surface area contributed by atoms with E-state index in [-0.39, 0.29) is 5.75 Å². The summed E-state index contributed by atoms with van der Waals surface area (Å²) in [5.41, 5.74) is 0.755. The molecule has 0 aliphatic heterocycles. The molecule has 16 heavy (non-hydrogen) atoms. The summed E-state index contributed by atoms with van der Waals surface area (Å²) in [5.74, 6) is -0.962. The fraction of sp³-hybridized carbons (Fsp3) is 0.273. The van der Waals surface area contributed by atoms with Crippen molar-refractivity contribution in [2.75, 3.05) is 11.5 Å². The molecule has 0 atom stereocenters. The average molecular weight is 237 g/mol. The second kappa shape index (κ2) is 4.90. The van der Waals surface area contributed by atoms with E-state index in [9.17, 15) is 13.2 Å². The van der Waals surface area contributed by atoms with E-state index in [4.69, 9.17) is 5.26 Å². The molecule has 4 nitrogen and oxygen atoms in total. The first-order valence-electron chi connectivity index (χ1n) is 4.72. The third-order valence-electron chi connectivity index (χ3n) is 2.13. The first-order chi connectivity index (χ1) is 7.48. The molecular weight excluding hydrogens is 226 g/mol. The molecule has 0 aliphatic carbocycles. The Hall–Kier alpha value is -1.67. The molecule has 0 N–H and O–H groups in total. The highest BCUT2D eigenvalue weighted by Gasteiger charge is 2.15. The third kappa shape index (κ3) is 3.17. The van der Waals surface area contributed by atoms with Gasteiger partial charge in [0.25, 0.3) is 0 Å². The van der Waals surface area contributed by atoms with Crippen molar-refractivity contribution in [1.29, 1.82) is 5.26 Å². The van der Waals surface area contributed by atoms with Gasteiger partial charge in [-0.25, -0.2) is 8.42 Å². The predicted octanol–water partition coefficient (Wildman–Crippen LogP) is 1.18. The monoisotopic (exact) mass is 237 g/mol. The number of ketones is 1. The van der Waals surface area contributed by atoms with E-state index in [1.807, 2.05) is 6.07 Å². The van der Waals surface area contributed by atoms with E-state index in [1.54, 1.807) is 0 Å². The molecular formula is C11H11NO3S. The number of nitrogens with zero attached hydrogens (tertiary/aromatic N) is 1. The topological polar surface area (TPSA) is 75.0 Å². The molecule has 0 saturated carbocycles. The van der Waals surface area contributed by atoms with E-state index in [0.717, 1.165) is 0 Å². The lowest BCUT2D eigenvalue weighted by Gasteiger charge is -2.01. The number of nitriles is 1. The summed E-state index contributed by atoms with van der Waals surface area (Å²) in [6, 6.07) is 7.84. The van der Waals surface area contributed by atoms with Crippen molar-refractivity contribution in [1.82, 2.24) is 0 Å². The zero-order valence-electron chi connectivity index (χ0n) is 8.80. The number of hydrogen-bond donors (Lipinski definition) is 0. The highest BCUT2D eigenvalue weighted by atomic mass is 32.2. The van der Waals surface area contributed by atoms with Crippen molar-refractivity contribution in [2.45, 2.75) is 6.92 Å². The van der Waals surface area contributed by atoms with Gasteiger partial charge < -0.3 is 0 Å². The van der Waals surface area contributed by atoms with E-state index >= 15 is 0 Å². The summed E-state index contributed by atoms with van der Waals surface area (Å²) in [6.07, 6.45) is 0. The molecule has 0 fully saturated rings. The van der Waals surface area contributed by atoms with E-state index < -0.39 is 21.4 Å². The lowest BCUT2D eigenvalue weighted by Crippen LogP contribution is -2.17. The minimum Gasteiger partial charge on any atom is -0.293 e. The van der Waals surface area contributed by atoms with Crippen LogP contribution in [-0.4, -0.2) is 25.7 Å². The minimum atomic E-state index is -3.30. The van der Waals surface area contributed by atoms with Crippen molar-refractivity contribution in [2.24, 2.45) is 0 Å². The highest BCUT2D eigenvalue weighted by molar-refractivity contribution is 7.92. The molecule has 1 aromatic rings. The molecule has 0 spiro atoms. The Morgan fingerprint density at radius 2 is 1.88 bits per heavy atom. The van der Waals surface area contributed by atoms with Gasteiger partial charge in [0.2, 0.25) is 0 Å². The van der Waals surface area contributed by atoms with Gasteiger partial charge in [0.05, 0.1) is 11.6 Å². The van der Waals surface area contributed by atoms with Crippen LogP contribution in [0.2, 0.25) is 0 Å². The Balaban J connectivity index is 2.87. The molecule has 0 aromatic heterocycles. The summed E-state index contributed by atoms with van der Waals surface area (Å²) in [7, 11) is -3.30. The van der Waals surface area contributed by atoms with Crippen LogP contribution in [0, 0.1) is 11.3 Å². The highest BCUT2D eigenvalue weighted by Crippen LogP contribution is 2.06. The standard InChI is InChI=1S/C11H11NO3S/c1-2-16(14,15)8-11(13)10-5-3-9(7-12)4-6-10/h3-6H,2,8H2,1H3. The zero-order chi connectivity index (χ0) is 12.2. The van der Waals surface area contributed by atoms with Gasteiger partial charge in [-0.05, 0) is 12.1 Å². The van der Waals surface area contributed by atoms with Crippen LogP contribution in [0.5, 0.6) is 0 Å². The van der Waals surface area contributed by atoms with Gasteiger partial charge in [-0.3, -0.25) is 4.79 Å². The number of Topliss-reactive ketones (excluding diaryl/α,β-unsaturated/α-hetero) is 1. The van der Waals surface area contributed by atoms with Crippen molar-refractivity contribution >= 4 is 15.6 Å². The lowest BCUT2D eigenvalue weighted by atomic mass is 10.1. The van der Waals surface area contributed by atoms with Crippen LogP contribution in [-0.2, 0) is 9.84 Å². The van der Waals surface area contributed by atoms with Crippen molar-refractivity contribution in [3.8, 4) is 6.07 Å². The summed E-state index contributed by atoms with van der Waals surface area (Å²) in [6.45, 7) is 1.50. The number of carbonyl (C=O) groups is 1. The van der Waals surface area contributed by atoms with Crippen LogP contribution in [0.4, 0.5) is 0 Å². The number of sulfone groups is 1. The first-order valence-corrected chi connectivity index (χ1v) is 6.54. The first kappa shape index (κ1) is 12.4. The van der Waals surface area contributed by atoms with E-state index in [2.05, 4.69) is 0 Å². The molecule has 0 bridgehead atoms. The molecule has 0 heterocycles. The van der Waals surface area contributed by atoms with Crippen LogP contribution in [0.15, 0.2) is 24.3 Å². The van der Waals surface area contributed by atoms with Crippen molar-refractivity contribution < 1.29 is 13.2 Å². The summed E-state index contributed by atoms with van der Waals surface area (Å²) in [5, 5.41) is 8.56. The normalized spacial score (nSPS) is 10.8. The third-order valence-corrected chi connectivity index (χ3v) is 3.71. The zero-order valence-corrected chi connectivity index (χ0v) is 9.62. The maximum Gasteiger partial charge on any atom is 0.177 e. The molecule has 84 valence electrons. The molecule has 1 aromatic carbocycles. The molecule has 0 saturated heterocycles. The van der Waals surface area contributed by atoms with Crippen LogP contribution in [0.25, 0.3) is 0 Å². The van der Waals surface area contributed by atoms with Gasteiger partial charge in [0.15, 0.2) is 15.6 Å². The average Bonchev–Trinajstić information content (AvgIpc) is 2.28. The number of rotatable bonds is 4. The molecule has 0 radical (unpaired) electrons. The SMILES string of the molecule is CCS(=O)(=O)CC(=O)c1ccc(C#N)cc1. The molecule has 0 unspecified atom stereocenters. The quantitative estimate of drug-likeness (QED) is 0.737. The van der Waals surface area contributed by atoms with Gasteiger partial charge >= 0.3 is 0 Å². The molecule has 0 amide bonds. The largest absolute Gasteiger partial charge is 0.293 e. The molecule has 5 heteroatoms. The van der Waals surface area contributed by atoms with Crippen molar-refractivity contribution in [3.63, 3.8) is 0 Å². The second-order valence-electron chi connectivity index (χ2n) is 3.29. The minimum absolute atomic E-state index is 0.0466. The fourth-order valence-corrected chi connectivity index (χ4v) is 1.89. The maximum atomic E-state index is 11.6. The van der Waals surface area contributed by atoms with Crippen molar-refractivity contribution in [3.05, 3.63) is 35.4 Å². The number of carbonyl (C=O) groups excluding carboxylic acids is 1. The molecule has 0 aliphatic rings. The van der Waals surface area contributed by atoms with Crippen LogP contribution in [0.3, 0.4) is 0 Å². The van der Waals surface area contributed by atoms with Gasteiger partial charge in [-0.1, -0.05) is 19.1 Å². The Kier molecular flexibility index (Phi) is 3.80.